The molecule has 24 heavy (non-hydrogen) atoms. The first-order chi connectivity index (χ1) is 11.6. The normalized spacial score (nSPS) is 15.2. The molecule has 1 aromatic heterocycles. The van der Waals surface area contributed by atoms with Crippen molar-refractivity contribution in [3.05, 3.63) is 52.8 Å². The summed E-state index contributed by atoms with van der Waals surface area (Å²) >= 11 is 5.14. The van der Waals surface area contributed by atoms with E-state index in [1.165, 1.54) is 6.07 Å². The van der Waals surface area contributed by atoms with Crippen LogP contribution in [0.25, 0.3) is 10.9 Å². The first-order valence-corrected chi connectivity index (χ1v) is 9.36. The van der Waals surface area contributed by atoms with E-state index in [9.17, 15) is 9.50 Å². The minimum atomic E-state index is -0.357. The van der Waals surface area contributed by atoms with Gasteiger partial charge in [-0.25, -0.2) is 4.39 Å². The van der Waals surface area contributed by atoms with Gasteiger partial charge in [-0.1, -0.05) is 28.1 Å². The molecule has 1 aliphatic heterocycles. The topological polar surface area (TPSA) is 49.9 Å². The Kier molecular flexibility index (Phi) is 4.05. The second-order valence-electron chi connectivity index (χ2n) is 5.55. The van der Waals surface area contributed by atoms with Crippen molar-refractivity contribution in [3.8, 4) is 5.88 Å². The van der Waals surface area contributed by atoms with Crippen LogP contribution in [0, 0.1) is 5.82 Å². The smallest absolute Gasteiger partial charge is 0.221 e. The third-order valence-corrected chi connectivity index (χ3v) is 5.77. The summed E-state index contributed by atoms with van der Waals surface area (Å²) in [5.41, 5.74) is 1.36. The maximum absolute atomic E-state index is 14.4. The molecule has 0 atom stereocenters. The Morgan fingerprint density at radius 3 is 2.54 bits per heavy atom. The molecule has 0 aliphatic carbocycles. The van der Waals surface area contributed by atoms with E-state index in [-0.39, 0.29) is 17.7 Å². The van der Waals surface area contributed by atoms with Crippen LogP contribution in [-0.2, 0) is 0 Å². The van der Waals surface area contributed by atoms with Crippen molar-refractivity contribution in [2.24, 2.45) is 10.2 Å². The zero-order valence-corrected chi connectivity index (χ0v) is 14.9. The van der Waals surface area contributed by atoms with E-state index >= 15 is 0 Å². The largest absolute Gasteiger partial charge is 0.493 e. The van der Waals surface area contributed by atoms with Gasteiger partial charge < -0.3 is 9.67 Å². The van der Waals surface area contributed by atoms with Crippen molar-refractivity contribution < 1.29 is 9.50 Å². The molecular formula is C17H13BrFN3OS. The second-order valence-corrected chi connectivity index (χ2v) is 7.54. The Morgan fingerprint density at radius 1 is 1.12 bits per heavy atom. The monoisotopic (exact) mass is 405 g/mol. The van der Waals surface area contributed by atoms with E-state index in [0.29, 0.717) is 22.3 Å². The van der Waals surface area contributed by atoms with E-state index < -0.39 is 0 Å². The van der Waals surface area contributed by atoms with Crippen LogP contribution in [0.15, 0.2) is 57.2 Å². The van der Waals surface area contributed by atoms with E-state index in [4.69, 9.17) is 0 Å². The molecule has 0 amide bonds. The summed E-state index contributed by atoms with van der Waals surface area (Å²) in [5.74, 6) is 1.33. The van der Waals surface area contributed by atoms with Crippen LogP contribution >= 0.6 is 27.7 Å². The Bertz CT molecular complexity index is 935. The fraction of sp³-hybridized carbons (Fsp3) is 0.176. The van der Waals surface area contributed by atoms with Gasteiger partial charge in [-0.15, -0.1) is 5.11 Å². The summed E-state index contributed by atoms with van der Waals surface area (Å²) in [6.07, 6.45) is 0. The molecule has 4 rings (SSSR count). The molecule has 2 heterocycles. The van der Waals surface area contributed by atoms with Crippen LogP contribution in [0.2, 0.25) is 0 Å². The second kappa shape index (κ2) is 6.22. The molecule has 0 bridgehead atoms. The van der Waals surface area contributed by atoms with Crippen molar-refractivity contribution >= 4 is 50.0 Å². The number of fused-ring (bicyclic) bond motifs is 1. The maximum atomic E-state index is 14.4. The van der Waals surface area contributed by atoms with Crippen molar-refractivity contribution in [3.63, 3.8) is 0 Å². The number of rotatable bonds is 3. The van der Waals surface area contributed by atoms with Crippen LogP contribution < -0.4 is 0 Å². The van der Waals surface area contributed by atoms with E-state index in [1.807, 2.05) is 24.3 Å². The molecule has 4 nitrogen and oxygen atoms in total. The molecule has 7 heteroatoms. The maximum Gasteiger partial charge on any atom is 0.221 e. The molecule has 0 spiro atoms. The molecule has 3 aromatic rings. The number of benzene rings is 2. The number of thioether (sulfide) groups is 1. The summed E-state index contributed by atoms with van der Waals surface area (Å²) in [5, 5.41) is 19.6. The number of hydrogen-bond acceptors (Lipinski definition) is 4. The van der Waals surface area contributed by atoms with E-state index in [1.54, 1.807) is 28.5 Å². The first-order valence-electron chi connectivity index (χ1n) is 7.41. The van der Waals surface area contributed by atoms with E-state index in [2.05, 4.69) is 26.2 Å². The fourth-order valence-electron chi connectivity index (χ4n) is 2.73. The van der Waals surface area contributed by atoms with Crippen LogP contribution in [0.4, 0.5) is 15.8 Å². The van der Waals surface area contributed by atoms with Gasteiger partial charge >= 0.3 is 0 Å². The van der Waals surface area contributed by atoms with Gasteiger partial charge in [0.2, 0.25) is 5.88 Å². The molecule has 0 radical (unpaired) electrons. The van der Waals surface area contributed by atoms with Gasteiger partial charge in [-0.3, -0.25) is 0 Å². The van der Waals surface area contributed by atoms with Crippen LogP contribution in [0.3, 0.4) is 0 Å². The zero-order chi connectivity index (χ0) is 16.7. The van der Waals surface area contributed by atoms with Crippen molar-refractivity contribution in [1.82, 2.24) is 4.57 Å². The quantitative estimate of drug-likeness (QED) is 0.547. The third-order valence-electron chi connectivity index (χ3n) is 4.00. The van der Waals surface area contributed by atoms with Crippen molar-refractivity contribution in [2.45, 2.75) is 6.04 Å². The van der Waals surface area contributed by atoms with E-state index in [0.717, 1.165) is 16.0 Å². The summed E-state index contributed by atoms with van der Waals surface area (Å²) in [7, 11) is 0. The van der Waals surface area contributed by atoms with Crippen molar-refractivity contribution in [1.29, 1.82) is 0 Å². The van der Waals surface area contributed by atoms with Gasteiger partial charge in [-0.05, 0) is 30.3 Å². The van der Waals surface area contributed by atoms with Crippen LogP contribution in [-0.4, -0.2) is 21.2 Å². The molecule has 122 valence electrons. The number of para-hydroxylation sites is 1. The lowest BCUT2D eigenvalue weighted by molar-refractivity contribution is 0.404. The van der Waals surface area contributed by atoms with Gasteiger partial charge in [0.05, 0.1) is 17.2 Å². The molecule has 0 saturated carbocycles. The summed E-state index contributed by atoms with van der Waals surface area (Å²) in [6, 6.07) is 12.2. The van der Waals surface area contributed by atoms with Crippen LogP contribution in [0.1, 0.15) is 6.04 Å². The number of aromatic nitrogens is 1. The number of hydrogen-bond donors (Lipinski definition) is 1. The molecule has 0 unspecified atom stereocenters. The minimum Gasteiger partial charge on any atom is -0.493 e. The predicted octanol–water partition coefficient (Wildman–Crippen LogP) is 5.95. The molecule has 1 saturated heterocycles. The summed E-state index contributed by atoms with van der Waals surface area (Å²) in [4.78, 5) is 0. The highest BCUT2D eigenvalue weighted by Gasteiger charge is 2.28. The molecule has 1 N–H and O–H groups in total. The highest BCUT2D eigenvalue weighted by molar-refractivity contribution is 9.10. The van der Waals surface area contributed by atoms with Gasteiger partial charge in [0, 0.05) is 21.4 Å². The Morgan fingerprint density at radius 2 is 1.88 bits per heavy atom. The average Bonchev–Trinajstić information content (AvgIpc) is 2.79. The van der Waals surface area contributed by atoms with Gasteiger partial charge in [0.1, 0.15) is 5.82 Å². The van der Waals surface area contributed by atoms with Crippen LogP contribution in [0.5, 0.6) is 5.88 Å². The highest BCUT2D eigenvalue weighted by Crippen LogP contribution is 2.45. The first kappa shape index (κ1) is 15.7. The van der Waals surface area contributed by atoms with Gasteiger partial charge in [0.15, 0.2) is 5.69 Å². The number of aromatic hydroxyl groups is 1. The summed E-state index contributed by atoms with van der Waals surface area (Å²) < 4.78 is 17.0. The van der Waals surface area contributed by atoms with Crippen molar-refractivity contribution in [2.75, 3.05) is 11.5 Å². The fourth-order valence-corrected chi connectivity index (χ4v) is 3.74. The lowest BCUT2D eigenvalue weighted by Crippen LogP contribution is -2.22. The summed E-state index contributed by atoms with van der Waals surface area (Å²) in [6.45, 7) is 0. The molecular weight excluding hydrogens is 393 g/mol. The Labute approximate surface area is 150 Å². The average molecular weight is 406 g/mol. The Hall–Kier alpha value is -1.86. The molecule has 2 aromatic carbocycles. The minimum absolute atomic E-state index is 0.0266. The lowest BCUT2D eigenvalue weighted by Gasteiger charge is -2.27. The molecule has 1 fully saturated rings. The lowest BCUT2D eigenvalue weighted by atomic mass is 10.2. The standard InChI is InChI=1S/C17H13BrFN3OS/c18-10-4-6-11(7-5-10)20-21-15-13-2-1-3-14(19)16(13)22(17(15)23)12-8-24-9-12/h1-7,12,23H,8-9H2. The number of azo groups is 1. The highest BCUT2D eigenvalue weighted by atomic mass is 79.9. The molecule has 1 aliphatic rings. The number of halogens is 2. The van der Waals surface area contributed by atoms with Gasteiger partial charge in [0.25, 0.3) is 0 Å². The number of nitrogens with zero attached hydrogens (tertiary/aromatic N) is 3. The Balaban J connectivity index is 1.84. The predicted molar refractivity (Wildman–Crippen MR) is 98.2 cm³/mol. The zero-order valence-electron chi connectivity index (χ0n) is 12.5. The SMILES string of the molecule is Oc1c(N=Nc2ccc(Br)cc2)c2cccc(F)c2n1C1CSC1. The van der Waals surface area contributed by atoms with Gasteiger partial charge in [-0.2, -0.15) is 16.9 Å². The third kappa shape index (κ3) is 2.61.